The summed E-state index contributed by atoms with van der Waals surface area (Å²) in [4.78, 5) is 11.4. The lowest BCUT2D eigenvalue weighted by molar-refractivity contribution is -0.0116. The second-order valence-corrected chi connectivity index (χ2v) is 10.3. The smallest absolute Gasteiger partial charge is 0.265 e. The Balaban J connectivity index is 1.36. The topological polar surface area (TPSA) is 88.4 Å². The molecule has 200 valence electrons. The first-order valence-electron chi connectivity index (χ1n) is 13.2. The van der Waals surface area contributed by atoms with Gasteiger partial charge in [0, 0.05) is 36.3 Å². The number of pyridine rings is 1. The third-order valence-corrected chi connectivity index (χ3v) is 7.37. The number of alkyl halides is 2. The van der Waals surface area contributed by atoms with E-state index in [4.69, 9.17) is 9.97 Å². The van der Waals surface area contributed by atoms with Crippen LogP contribution >= 0.6 is 0 Å². The van der Waals surface area contributed by atoms with Crippen LogP contribution in [0, 0.1) is 13.8 Å². The number of hydrogen-bond acceptors (Lipinski definition) is 6. The third kappa shape index (κ3) is 4.86. The number of benzene rings is 2. The van der Waals surface area contributed by atoms with Gasteiger partial charge in [0.15, 0.2) is 5.65 Å². The Labute approximate surface area is 225 Å². The summed E-state index contributed by atoms with van der Waals surface area (Å²) in [5, 5.41) is 14.6. The van der Waals surface area contributed by atoms with Crippen LogP contribution in [-0.4, -0.2) is 54.2 Å². The maximum atomic E-state index is 14.2. The first-order valence-corrected chi connectivity index (χ1v) is 13.2. The van der Waals surface area contributed by atoms with Crippen molar-refractivity contribution in [2.45, 2.75) is 52.5 Å². The lowest BCUT2D eigenvalue weighted by atomic mass is 9.96. The van der Waals surface area contributed by atoms with E-state index < -0.39 is 5.92 Å². The summed E-state index contributed by atoms with van der Waals surface area (Å²) in [7, 11) is 0. The van der Waals surface area contributed by atoms with Crippen molar-refractivity contribution in [3.05, 3.63) is 71.2 Å². The molecule has 5 aromatic rings. The monoisotopic (exact) mass is 528 g/mol. The van der Waals surface area contributed by atoms with Crippen LogP contribution in [0.25, 0.3) is 33.7 Å². The Morgan fingerprint density at radius 1 is 1.00 bits per heavy atom. The van der Waals surface area contributed by atoms with Crippen LogP contribution in [0.2, 0.25) is 0 Å². The number of imidazole rings is 1. The lowest BCUT2D eigenvalue weighted by Crippen LogP contribution is -2.42. The van der Waals surface area contributed by atoms with Crippen molar-refractivity contribution in [2.75, 3.05) is 18.0 Å². The molecule has 1 fully saturated rings. The summed E-state index contributed by atoms with van der Waals surface area (Å²) in [6.45, 7) is 7.15. The summed E-state index contributed by atoms with van der Waals surface area (Å²) >= 11 is 0. The number of rotatable bonds is 6. The summed E-state index contributed by atoms with van der Waals surface area (Å²) in [5.41, 5.74) is 8.41. The number of halogens is 2. The van der Waals surface area contributed by atoms with Crippen LogP contribution in [0.5, 0.6) is 0 Å². The Kier molecular flexibility index (Phi) is 6.32. The number of piperidine rings is 1. The van der Waals surface area contributed by atoms with E-state index in [1.54, 1.807) is 4.90 Å². The normalized spacial score (nSPS) is 15.3. The fraction of sp³-hybridized carbons (Fsp3) is 0.345. The van der Waals surface area contributed by atoms with Gasteiger partial charge < -0.3 is 9.47 Å². The molecule has 1 N–H and O–H groups in total. The Morgan fingerprint density at radius 3 is 2.54 bits per heavy atom. The molecule has 0 spiro atoms. The molecule has 0 bridgehead atoms. The van der Waals surface area contributed by atoms with E-state index in [1.165, 1.54) is 0 Å². The maximum absolute atomic E-state index is 14.2. The molecule has 0 atom stereocenters. The molecule has 0 amide bonds. The van der Waals surface area contributed by atoms with Crippen LogP contribution in [-0.2, 0) is 13.0 Å². The number of fused-ring (bicyclic) bond motifs is 1. The SMILES string of the molecule is CCc1nc2c(C)cc(C)nc2n1Cc1ccc(-c2cc(N3CCCC(F)(F)C3)ccc2-c2nn[nH]n2)cc1. The molecule has 0 radical (unpaired) electrons. The van der Waals surface area contributed by atoms with Gasteiger partial charge in [0.1, 0.15) is 11.3 Å². The van der Waals surface area contributed by atoms with Crippen LogP contribution in [0.4, 0.5) is 14.5 Å². The molecule has 10 heteroatoms. The lowest BCUT2D eigenvalue weighted by Gasteiger charge is -2.34. The van der Waals surface area contributed by atoms with E-state index >= 15 is 0 Å². The van der Waals surface area contributed by atoms with Gasteiger partial charge >= 0.3 is 0 Å². The molecule has 3 aromatic heterocycles. The molecule has 2 aromatic carbocycles. The van der Waals surface area contributed by atoms with Crippen LogP contribution in [0.1, 0.15) is 42.4 Å². The van der Waals surface area contributed by atoms with Crippen molar-refractivity contribution >= 4 is 16.9 Å². The molecule has 4 heterocycles. The van der Waals surface area contributed by atoms with Gasteiger partial charge in [-0.1, -0.05) is 31.2 Å². The molecule has 1 aliphatic heterocycles. The number of aromatic amines is 1. The van der Waals surface area contributed by atoms with E-state index in [0.29, 0.717) is 25.3 Å². The van der Waals surface area contributed by atoms with Crippen LogP contribution in [0.15, 0.2) is 48.5 Å². The minimum Gasteiger partial charge on any atom is -0.365 e. The van der Waals surface area contributed by atoms with E-state index in [9.17, 15) is 8.78 Å². The van der Waals surface area contributed by atoms with Gasteiger partial charge in [-0.25, -0.2) is 18.7 Å². The van der Waals surface area contributed by atoms with Gasteiger partial charge in [0.25, 0.3) is 5.92 Å². The van der Waals surface area contributed by atoms with Crippen molar-refractivity contribution in [3.63, 3.8) is 0 Å². The van der Waals surface area contributed by atoms with Crippen LogP contribution in [0.3, 0.4) is 0 Å². The van der Waals surface area contributed by atoms with E-state index in [2.05, 4.69) is 69.4 Å². The molecule has 1 saturated heterocycles. The summed E-state index contributed by atoms with van der Waals surface area (Å²) in [6.07, 6.45) is 1.20. The number of aromatic nitrogens is 7. The number of aryl methyl sites for hydroxylation is 3. The second kappa shape index (κ2) is 9.83. The predicted octanol–water partition coefficient (Wildman–Crippen LogP) is 5.74. The van der Waals surface area contributed by atoms with Gasteiger partial charge in [-0.15, -0.1) is 10.2 Å². The number of tetrazole rings is 1. The van der Waals surface area contributed by atoms with Gasteiger partial charge in [-0.3, -0.25) is 0 Å². The van der Waals surface area contributed by atoms with Crippen LogP contribution < -0.4 is 4.90 Å². The highest BCUT2D eigenvalue weighted by Crippen LogP contribution is 2.36. The number of hydrogen-bond donors (Lipinski definition) is 1. The number of nitrogens with zero attached hydrogens (tertiary/aromatic N) is 7. The first-order chi connectivity index (χ1) is 18.8. The van der Waals surface area contributed by atoms with Gasteiger partial charge in [0.2, 0.25) is 5.82 Å². The van der Waals surface area contributed by atoms with Crippen molar-refractivity contribution < 1.29 is 8.78 Å². The highest BCUT2D eigenvalue weighted by atomic mass is 19.3. The molecular weight excluding hydrogens is 498 g/mol. The van der Waals surface area contributed by atoms with Crippen molar-refractivity contribution in [3.8, 4) is 22.5 Å². The summed E-state index contributed by atoms with van der Waals surface area (Å²) in [5.74, 6) is -1.23. The van der Waals surface area contributed by atoms with Crippen molar-refractivity contribution in [1.82, 2.24) is 35.2 Å². The zero-order chi connectivity index (χ0) is 27.1. The standard InChI is InChI=1S/C29H30F2N8/c1-4-25-33-26-18(2)14-19(3)32-28(26)39(25)16-20-6-8-21(9-7-20)24-15-22(38-13-5-12-29(30,31)17-38)10-11-23(24)27-34-36-37-35-27/h6-11,14-15H,4-5,12-13,16-17H2,1-3H3,(H,34,35,36,37). The maximum Gasteiger partial charge on any atom is 0.265 e. The highest BCUT2D eigenvalue weighted by molar-refractivity contribution is 5.83. The van der Waals surface area contributed by atoms with Crippen molar-refractivity contribution in [1.29, 1.82) is 0 Å². The minimum absolute atomic E-state index is 0.0701. The average Bonchev–Trinajstić information content (AvgIpc) is 3.57. The van der Waals surface area contributed by atoms with E-state index in [0.717, 1.165) is 62.6 Å². The molecule has 8 nitrogen and oxygen atoms in total. The molecule has 0 unspecified atom stereocenters. The molecule has 1 aliphatic rings. The fourth-order valence-electron chi connectivity index (χ4n) is 5.48. The minimum atomic E-state index is -2.69. The number of anilines is 1. The number of nitrogens with one attached hydrogen (secondary N) is 1. The quantitative estimate of drug-likeness (QED) is 0.302. The van der Waals surface area contributed by atoms with E-state index in [-0.39, 0.29) is 13.0 Å². The Morgan fingerprint density at radius 2 is 1.82 bits per heavy atom. The third-order valence-electron chi connectivity index (χ3n) is 7.37. The van der Waals surface area contributed by atoms with Crippen molar-refractivity contribution in [2.24, 2.45) is 0 Å². The number of H-pyrrole nitrogens is 1. The summed E-state index contributed by atoms with van der Waals surface area (Å²) in [6, 6.07) is 16.0. The van der Waals surface area contributed by atoms with E-state index in [1.807, 2.05) is 25.1 Å². The molecule has 6 rings (SSSR count). The molecule has 0 saturated carbocycles. The molecule has 39 heavy (non-hydrogen) atoms. The van der Waals surface area contributed by atoms with Gasteiger partial charge in [-0.05, 0) is 72.0 Å². The zero-order valence-electron chi connectivity index (χ0n) is 22.2. The molecular formula is C29H30F2N8. The second-order valence-electron chi connectivity index (χ2n) is 10.3. The predicted molar refractivity (Wildman–Crippen MR) is 147 cm³/mol. The molecule has 0 aliphatic carbocycles. The van der Waals surface area contributed by atoms with Gasteiger partial charge in [-0.2, -0.15) is 5.21 Å². The summed E-state index contributed by atoms with van der Waals surface area (Å²) < 4.78 is 30.5. The Bertz CT molecular complexity index is 1620. The first kappa shape index (κ1) is 25.1. The van der Waals surface area contributed by atoms with Gasteiger partial charge in [0.05, 0.1) is 13.1 Å². The largest absolute Gasteiger partial charge is 0.365 e. The fourth-order valence-corrected chi connectivity index (χ4v) is 5.48. The highest BCUT2D eigenvalue weighted by Gasteiger charge is 2.35. The average molecular weight is 529 g/mol. The Hall–Kier alpha value is -4.21. The zero-order valence-corrected chi connectivity index (χ0v) is 22.2.